The lowest BCUT2D eigenvalue weighted by Gasteiger charge is -2.31. The largest absolute Gasteiger partial charge is 1.00 e. The number of likely N-dealkylation sites (N-methyl/N-ethyl adjacent to an activating group) is 1. The Labute approximate surface area is 253 Å². The van der Waals surface area contributed by atoms with Crippen LogP contribution in [0, 0.1) is 6.92 Å². The molecule has 230 valence electrons. The Morgan fingerprint density at radius 1 is 1.14 bits per heavy atom. The molecule has 1 unspecified atom stereocenters. The fourth-order valence-corrected chi connectivity index (χ4v) is 5.88. The maximum atomic E-state index is 12.7. The van der Waals surface area contributed by atoms with E-state index in [-0.39, 0.29) is 42.7 Å². The Morgan fingerprint density at radius 2 is 1.83 bits per heavy atom. The SMILES string of the molecule is CC(=O)OC(CC(=O)O[C@H]1CC[C@H](Nc2cc(-n3nc(C)c4c3CCCC4=O)ccc2C(N)=O)CC1)C[N+](C)(C)C.[Cl-]. The predicted molar refractivity (Wildman–Crippen MR) is 153 cm³/mol. The molecule has 1 aromatic carbocycles. The fraction of sp³-hybridized carbons (Fsp3) is 0.567. The van der Waals surface area contributed by atoms with E-state index >= 15 is 0 Å². The number of anilines is 1. The van der Waals surface area contributed by atoms with E-state index in [2.05, 4.69) is 10.4 Å². The van der Waals surface area contributed by atoms with Gasteiger partial charge in [0.05, 0.1) is 55.8 Å². The molecule has 2 aliphatic rings. The van der Waals surface area contributed by atoms with Crippen molar-refractivity contribution in [1.29, 1.82) is 0 Å². The molecule has 0 spiro atoms. The summed E-state index contributed by atoms with van der Waals surface area (Å²) in [6.07, 6.45) is 4.14. The number of ether oxygens (including phenoxy) is 2. The van der Waals surface area contributed by atoms with Crippen molar-refractivity contribution in [1.82, 2.24) is 9.78 Å². The van der Waals surface area contributed by atoms with E-state index in [1.807, 2.05) is 34.1 Å². The molecule has 1 amide bonds. The highest BCUT2D eigenvalue weighted by atomic mass is 35.5. The molecule has 1 heterocycles. The van der Waals surface area contributed by atoms with Crippen molar-refractivity contribution in [2.45, 2.75) is 83.5 Å². The van der Waals surface area contributed by atoms with Crippen LogP contribution in [0.3, 0.4) is 0 Å². The third kappa shape index (κ3) is 8.32. The van der Waals surface area contributed by atoms with Crippen molar-refractivity contribution in [2.24, 2.45) is 5.73 Å². The highest BCUT2D eigenvalue weighted by molar-refractivity contribution is 6.00. The number of primary amides is 1. The minimum absolute atomic E-state index is 0. The van der Waals surface area contributed by atoms with Crippen LogP contribution in [0.2, 0.25) is 0 Å². The van der Waals surface area contributed by atoms with Crippen LogP contribution in [0.5, 0.6) is 0 Å². The maximum Gasteiger partial charge on any atom is 0.310 e. The number of ketones is 1. The number of fused-ring (bicyclic) bond motifs is 1. The molecule has 1 fully saturated rings. The van der Waals surface area contributed by atoms with Gasteiger partial charge in [-0.15, -0.1) is 0 Å². The maximum absolute atomic E-state index is 12.7. The molecule has 2 aromatic rings. The van der Waals surface area contributed by atoms with E-state index in [0.717, 1.165) is 37.1 Å². The van der Waals surface area contributed by atoms with Gasteiger partial charge in [-0.05, 0) is 63.6 Å². The second-order valence-electron chi connectivity index (χ2n) is 12.2. The van der Waals surface area contributed by atoms with Crippen molar-refractivity contribution in [2.75, 3.05) is 33.0 Å². The van der Waals surface area contributed by atoms with Gasteiger partial charge in [0.15, 0.2) is 11.9 Å². The first-order valence-electron chi connectivity index (χ1n) is 14.3. The molecule has 42 heavy (non-hydrogen) atoms. The van der Waals surface area contributed by atoms with Gasteiger partial charge in [0, 0.05) is 25.1 Å². The van der Waals surface area contributed by atoms with Crippen LogP contribution in [0.25, 0.3) is 5.69 Å². The number of carbonyl (C=O) groups is 4. The molecule has 0 saturated heterocycles. The summed E-state index contributed by atoms with van der Waals surface area (Å²) in [5.41, 5.74) is 9.76. The Balaban J connectivity index is 0.00000484. The fourth-order valence-electron chi connectivity index (χ4n) is 5.88. The van der Waals surface area contributed by atoms with E-state index in [9.17, 15) is 19.2 Å². The Hall–Kier alpha value is -3.44. The van der Waals surface area contributed by atoms with Crippen molar-refractivity contribution in [3.63, 3.8) is 0 Å². The number of rotatable bonds is 10. The molecule has 0 radical (unpaired) electrons. The summed E-state index contributed by atoms with van der Waals surface area (Å²) < 4.78 is 13.4. The first-order chi connectivity index (χ1) is 19.3. The second kappa shape index (κ2) is 13.7. The quantitative estimate of drug-likeness (QED) is 0.288. The zero-order valence-corrected chi connectivity index (χ0v) is 25.8. The molecule has 0 aliphatic heterocycles. The number of aromatic nitrogens is 2. The highest BCUT2D eigenvalue weighted by Gasteiger charge is 2.30. The summed E-state index contributed by atoms with van der Waals surface area (Å²) >= 11 is 0. The van der Waals surface area contributed by atoms with Crippen LogP contribution in [0.1, 0.15) is 84.0 Å². The summed E-state index contributed by atoms with van der Waals surface area (Å²) in [5.74, 6) is -1.21. The second-order valence-corrected chi connectivity index (χ2v) is 12.2. The van der Waals surface area contributed by atoms with Gasteiger partial charge in [-0.1, -0.05) is 0 Å². The number of esters is 2. The Morgan fingerprint density at radius 3 is 2.45 bits per heavy atom. The lowest BCUT2D eigenvalue weighted by Crippen LogP contribution is -3.00. The highest BCUT2D eigenvalue weighted by Crippen LogP contribution is 2.30. The number of benzene rings is 1. The molecule has 1 saturated carbocycles. The third-order valence-corrected chi connectivity index (χ3v) is 7.58. The number of amides is 1. The van der Waals surface area contributed by atoms with Gasteiger partial charge < -0.3 is 37.4 Å². The zero-order chi connectivity index (χ0) is 29.9. The van der Waals surface area contributed by atoms with Gasteiger partial charge in [0.2, 0.25) is 0 Å². The van der Waals surface area contributed by atoms with E-state index in [4.69, 9.17) is 15.2 Å². The molecule has 3 N–H and O–H groups in total. The van der Waals surface area contributed by atoms with Crippen LogP contribution in [-0.2, 0) is 25.5 Å². The molecule has 2 aliphatic carbocycles. The first-order valence-corrected chi connectivity index (χ1v) is 14.3. The van der Waals surface area contributed by atoms with Crippen molar-refractivity contribution >= 4 is 29.3 Å². The number of hydrogen-bond acceptors (Lipinski definition) is 8. The Bertz CT molecular complexity index is 1330. The minimum Gasteiger partial charge on any atom is -1.00 e. The standard InChI is InChI=1S/C30H41N5O6.ClH/c1-18-29-26(7-6-8-27(29)37)34(33-18)21-11-14-24(30(31)39)25(15-21)32-20-9-12-22(13-10-20)41-28(38)16-23(40-19(2)36)17-35(3,4)5;/h11,14-15,20,22-23H,6-10,12-13,16-17H2,1-5H3,(H2-,31,32,39);1H/t20-,22-,23?;. The molecule has 1 aromatic heterocycles. The van der Waals surface area contributed by atoms with Gasteiger partial charge in [-0.25, -0.2) is 4.68 Å². The van der Waals surface area contributed by atoms with Gasteiger partial charge in [0.25, 0.3) is 5.91 Å². The van der Waals surface area contributed by atoms with Crippen molar-refractivity contribution in [3.05, 3.63) is 40.7 Å². The number of carbonyl (C=O) groups excluding carboxylic acids is 4. The van der Waals surface area contributed by atoms with Crippen LogP contribution in [0.15, 0.2) is 18.2 Å². The van der Waals surface area contributed by atoms with Gasteiger partial charge in [0.1, 0.15) is 12.6 Å². The van der Waals surface area contributed by atoms with E-state index in [0.29, 0.717) is 52.8 Å². The normalized spacial score (nSPS) is 19.2. The third-order valence-electron chi connectivity index (χ3n) is 7.58. The summed E-state index contributed by atoms with van der Waals surface area (Å²) in [4.78, 5) is 48.9. The predicted octanol–water partition coefficient (Wildman–Crippen LogP) is 0.0969. The van der Waals surface area contributed by atoms with Crippen molar-refractivity contribution in [3.8, 4) is 5.69 Å². The number of aryl methyl sites for hydroxylation is 1. The average Bonchev–Trinajstić information content (AvgIpc) is 3.21. The van der Waals surface area contributed by atoms with E-state index in [1.54, 1.807) is 16.8 Å². The topological polar surface area (TPSA) is 143 Å². The molecule has 0 bridgehead atoms. The number of quaternary nitrogens is 1. The minimum atomic E-state index is -0.542. The number of nitrogens with zero attached hydrogens (tertiary/aromatic N) is 3. The molecule has 12 heteroatoms. The zero-order valence-electron chi connectivity index (χ0n) is 25.1. The average molecular weight is 604 g/mol. The van der Waals surface area contributed by atoms with Crippen LogP contribution < -0.4 is 23.5 Å². The number of nitrogens with two attached hydrogens (primary N) is 1. The van der Waals surface area contributed by atoms with Gasteiger partial charge in [-0.3, -0.25) is 19.2 Å². The molecule has 11 nitrogen and oxygen atoms in total. The van der Waals surface area contributed by atoms with Crippen LogP contribution in [0.4, 0.5) is 5.69 Å². The molecule has 4 rings (SSSR count). The monoisotopic (exact) mass is 603 g/mol. The van der Waals surface area contributed by atoms with E-state index < -0.39 is 18.0 Å². The number of Topliss-reactive ketones (excluding diaryl/α,β-unsaturated/α-hetero) is 1. The summed E-state index contributed by atoms with van der Waals surface area (Å²) in [6, 6.07) is 5.41. The van der Waals surface area contributed by atoms with Crippen molar-refractivity contribution < 1.29 is 45.5 Å². The number of nitrogens with one attached hydrogen (secondary N) is 1. The summed E-state index contributed by atoms with van der Waals surface area (Å²) in [5, 5.41) is 8.12. The molecular weight excluding hydrogens is 562 g/mol. The van der Waals surface area contributed by atoms with Crippen LogP contribution >= 0.6 is 0 Å². The smallest absolute Gasteiger partial charge is 0.310 e. The summed E-state index contributed by atoms with van der Waals surface area (Å²) in [6.45, 7) is 3.69. The Kier molecular flexibility index (Phi) is 10.8. The van der Waals surface area contributed by atoms with Gasteiger partial charge >= 0.3 is 11.9 Å². The van der Waals surface area contributed by atoms with Crippen LogP contribution in [-0.4, -0.2) is 83.8 Å². The number of hydrogen-bond donors (Lipinski definition) is 2. The lowest BCUT2D eigenvalue weighted by atomic mass is 9.92. The summed E-state index contributed by atoms with van der Waals surface area (Å²) in [7, 11) is 5.92. The molecular formula is C30H42ClN5O6. The van der Waals surface area contributed by atoms with Gasteiger partial charge in [-0.2, -0.15) is 5.10 Å². The lowest BCUT2D eigenvalue weighted by molar-refractivity contribution is -0.873. The van der Waals surface area contributed by atoms with E-state index in [1.165, 1.54) is 6.92 Å². The molecule has 1 atom stereocenters. The number of halogens is 1. The first kappa shape index (κ1) is 33.1.